The fraction of sp³-hybridized carbons (Fsp3) is 0.273. The molecule has 0 saturated carbocycles. The van der Waals surface area contributed by atoms with Gasteiger partial charge in [-0.05, 0) is 39.7 Å². The highest BCUT2D eigenvalue weighted by molar-refractivity contribution is 5.97. The van der Waals surface area contributed by atoms with Crippen LogP contribution in [0.5, 0.6) is 0 Å². The van der Waals surface area contributed by atoms with E-state index in [2.05, 4.69) is 85.7 Å². The quantitative estimate of drug-likeness (QED) is 0.187. The summed E-state index contributed by atoms with van der Waals surface area (Å²) in [7, 11) is 0. The number of H-pyrrole nitrogens is 1. The van der Waals surface area contributed by atoms with Crippen LogP contribution < -0.4 is 0 Å². The number of fused-ring (bicyclic) bond motifs is 1. The second-order valence-electron chi connectivity index (χ2n) is 11.6. The van der Waals surface area contributed by atoms with Gasteiger partial charge in [0.15, 0.2) is 5.78 Å². The maximum Gasteiger partial charge on any atom is 0.167 e. The first-order chi connectivity index (χ1) is 19.0. The predicted octanol–water partition coefficient (Wildman–Crippen LogP) is 7.76. The molecule has 0 fully saturated rings. The van der Waals surface area contributed by atoms with E-state index in [1.165, 1.54) is 11.1 Å². The van der Waals surface area contributed by atoms with Crippen molar-refractivity contribution in [2.75, 3.05) is 0 Å². The van der Waals surface area contributed by atoms with Gasteiger partial charge in [-0.15, -0.1) is 0 Å². The van der Waals surface area contributed by atoms with Crippen molar-refractivity contribution >= 4 is 16.8 Å². The second kappa shape index (κ2) is 12.9. The molecule has 0 atom stereocenters. The highest BCUT2D eigenvalue weighted by Gasteiger charge is 2.15. The molecule has 40 heavy (non-hydrogen) atoms. The average molecular weight is 533 g/mol. The molecule has 1 N–H and O–H groups in total. The van der Waals surface area contributed by atoms with Gasteiger partial charge < -0.3 is 4.98 Å². The van der Waals surface area contributed by atoms with Crippen molar-refractivity contribution in [1.29, 1.82) is 10.8 Å². The van der Waals surface area contributed by atoms with Gasteiger partial charge in [0.2, 0.25) is 0 Å². The number of hydrogen-bond acceptors (Lipinski definition) is 6. The largest absolute Gasteiger partial charge is 0.337 e. The van der Waals surface area contributed by atoms with Gasteiger partial charge in [-0.2, -0.15) is 0 Å². The molecule has 0 aliphatic heterocycles. The summed E-state index contributed by atoms with van der Waals surface area (Å²) >= 11 is 0. The van der Waals surface area contributed by atoms with Gasteiger partial charge in [-0.3, -0.25) is 14.8 Å². The zero-order chi connectivity index (χ0) is 29.3. The van der Waals surface area contributed by atoms with E-state index >= 15 is 0 Å². The number of rotatable bonds is 4. The Labute approximate surface area is 236 Å². The Morgan fingerprint density at radius 1 is 0.750 bits per heavy atom. The number of aromatic nitrogens is 4. The van der Waals surface area contributed by atoms with Crippen LogP contribution in [0, 0.1) is 10.8 Å². The highest BCUT2D eigenvalue weighted by atomic mass is 16.1. The first-order valence-electron chi connectivity index (χ1n) is 13.1. The van der Waals surface area contributed by atoms with Crippen molar-refractivity contribution in [2.24, 2.45) is 0 Å². The lowest BCUT2D eigenvalue weighted by Gasteiger charge is -2.18. The third kappa shape index (κ3) is 7.90. The van der Waals surface area contributed by atoms with Crippen LogP contribution in [-0.4, -0.2) is 25.7 Å². The molecule has 7 heteroatoms. The maximum absolute atomic E-state index is 12.1. The number of ketones is 1. The SMILES string of the molecule is CC(C)(C)c1ccc(-c2nc3ccncc3[nH]2)cc1.CC(C)(C)c1ccc(C(=O)Cc2cccnc2)cc1.N#N. The summed E-state index contributed by atoms with van der Waals surface area (Å²) in [6.45, 7) is 13.1. The third-order valence-corrected chi connectivity index (χ3v) is 6.47. The average Bonchev–Trinajstić information content (AvgIpc) is 3.39. The highest BCUT2D eigenvalue weighted by Crippen LogP contribution is 2.26. The number of Topliss-reactive ketones (excluding diaryl/α,β-unsaturated/α-hetero) is 1. The molecule has 0 aliphatic rings. The molecule has 0 aliphatic carbocycles. The van der Waals surface area contributed by atoms with Crippen molar-refractivity contribution in [3.8, 4) is 11.4 Å². The standard InChI is InChI=1S/C17H19NO.C16H17N3.N2/c1-17(2,3)15-8-6-14(7-9-15)16(19)11-13-5-4-10-18-12-13;1-16(2,3)12-6-4-11(5-7-12)15-18-13-8-9-17-10-14(13)19-15;1-2/h4-10,12H,11H2,1-3H3;4-10H,1-3H3,(H,18,19);. The fourth-order valence-corrected chi connectivity index (χ4v) is 4.07. The van der Waals surface area contributed by atoms with Crippen LogP contribution in [-0.2, 0) is 17.3 Å². The van der Waals surface area contributed by atoms with E-state index in [1.54, 1.807) is 24.8 Å². The Morgan fingerprint density at radius 3 is 1.85 bits per heavy atom. The lowest BCUT2D eigenvalue weighted by molar-refractivity contribution is 0.0993. The Bertz CT molecular complexity index is 1510. The molecule has 0 radical (unpaired) electrons. The number of nitrogens with zero attached hydrogens (tertiary/aromatic N) is 5. The molecule has 0 saturated heterocycles. The van der Waals surface area contributed by atoms with Gasteiger partial charge in [-0.25, -0.2) is 4.98 Å². The molecule has 5 aromatic rings. The Hall–Kier alpha value is -4.70. The second-order valence-corrected chi connectivity index (χ2v) is 11.6. The summed E-state index contributed by atoms with van der Waals surface area (Å²) in [6.07, 6.45) is 7.42. The molecule has 0 amide bonds. The minimum Gasteiger partial charge on any atom is -0.337 e. The van der Waals surface area contributed by atoms with E-state index < -0.39 is 0 Å². The Morgan fingerprint density at radius 2 is 1.32 bits per heavy atom. The molecule has 7 nitrogen and oxygen atoms in total. The smallest absolute Gasteiger partial charge is 0.167 e. The lowest BCUT2D eigenvalue weighted by atomic mass is 9.86. The molecule has 0 spiro atoms. The van der Waals surface area contributed by atoms with E-state index in [-0.39, 0.29) is 16.6 Å². The van der Waals surface area contributed by atoms with Gasteiger partial charge in [0, 0.05) is 46.9 Å². The van der Waals surface area contributed by atoms with Gasteiger partial charge in [-0.1, -0.05) is 96.1 Å². The summed E-state index contributed by atoms with van der Waals surface area (Å²) in [5, 5.41) is 12.0. The zero-order valence-electron chi connectivity index (χ0n) is 24.0. The first kappa shape index (κ1) is 29.9. The molecule has 5 rings (SSSR count). The van der Waals surface area contributed by atoms with Crippen molar-refractivity contribution in [3.05, 3.63) is 114 Å². The van der Waals surface area contributed by atoms with Gasteiger partial charge in [0.05, 0.1) is 17.2 Å². The molecule has 3 aromatic heterocycles. The van der Waals surface area contributed by atoms with Gasteiger partial charge in [0.1, 0.15) is 5.82 Å². The number of carbonyl (C=O) groups is 1. The zero-order valence-corrected chi connectivity index (χ0v) is 24.0. The fourth-order valence-electron chi connectivity index (χ4n) is 4.07. The van der Waals surface area contributed by atoms with Crippen LogP contribution in [0.15, 0.2) is 91.5 Å². The van der Waals surface area contributed by atoms with Gasteiger partial charge >= 0.3 is 0 Å². The summed E-state index contributed by atoms with van der Waals surface area (Å²) in [5.74, 6) is 1.02. The van der Waals surface area contributed by atoms with Crippen LogP contribution >= 0.6 is 0 Å². The van der Waals surface area contributed by atoms with Crippen LogP contribution in [0.4, 0.5) is 0 Å². The number of benzene rings is 2. The molecule has 0 unspecified atom stereocenters. The van der Waals surface area contributed by atoms with Crippen LogP contribution in [0.25, 0.3) is 22.4 Å². The number of pyridine rings is 2. The molecular weight excluding hydrogens is 496 g/mol. The molecule has 0 bridgehead atoms. The lowest BCUT2D eigenvalue weighted by Crippen LogP contribution is -2.11. The number of nitrogens with one attached hydrogen (secondary N) is 1. The van der Waals surface area contributed by atoms with E-state index in [1.807, 2.05) is 42.5 Å². The molecular formula is C33H36N6O. The van der Waals surface area contributed by atoms with E-state index in [4.69, 9.17) is 10.8 Å². The monoisotopic (exact) mass is 532 g/mol. The minimum atomic E-state index is 0.116. The summed E-state index contributed by atoms with van der Waals surface area (Å²) in [6, 6.07) is 22.2. The normalized spacial score (nSPS) is 11.1. The van der Waals surface area contributed by atoms with E-state index in [9.17, 15) is 4.79 Å². The third-order valence-electron chi connectivity index (χ3n) is 6.47. The van der Waals surface area contributed by atoms with Crippen molar-refractivity contribution in [3.63, 3.8) is 0 Å². The summed E-state index contributed by atoms with van der Waals surface area (Å²) in [4.78, 5) is 28.1. The van der Waals surface area contributed by atoms with Gasteiger partial charge in [0.25, 0.3) is 0 Å². The Balaban J connectivity index is 0.000000208. The van der Waals surface area contributed by atoms with E-state index in [0.29, 0.717) is 6.42 Å². The van der Waals surface area contributed by atoms with Crippen LogP contribution in [0.3, 0.4) is 0 Å². The summed E-state index contributed by atoms with van der Waals surface area (Å²) in [5.41, 5.74) is 7.59. The minimum absolute atomic E-state index is 0.116. The number of carbonyl (C=O) groups excluding carboxylic acids is 1. The molecule has 3 heterocycles. The Kier molecular flexibility index (Phi) is 9.63. The predicted molar refractivity (Wildman–Crippen MR) is 159 cm³/mol. The van der Waals surface area contributed by atoms with Crippen molar-refractivity contribution in [2.45, 2.75) is 58.8 Å². The number of imidazole rings is 1. The van der Waals surface area contributed by atoms with Crippen LogP contribution in [0.1, 0.15) is 68.6 Å². The first-order valence-corrected chi connectivity index (χ1v) is 13.1. The number of hydrogen-bond donors (Lipinski definition) is 1. The maximum atomic E-state index is 12.1. The van der Waals surface area contributed by atoms with E-state index in [0.717, 1.165) is 33.5 Å². The summed E-state index contributed by atoms with van der Waals surface area (Å²) < 4.78 is 0. The molecule has 204 valence electrons. The van der Waals surface area contributed by atoms with Crippen molar-refractivity contribution < 1.29 is 4.79 Å². The van der Waals surface area contributed by atoms with Crippen LogP contribution in [0.2, 0.25) is 0 Å². The topological polar surface area (TPSA) is 119 Å². The van der Waals surface area contributed by atoms with Crippen molar-refractivity contribution in [1.82, 2.24) is 19.9 Å². The number of aromatic amines is 1. The molecule has 2 aromatic carbocycles.